The second-order valence-electron chi connectivity index (χ2n) is 4.43. The molecule has 0 saturated carbocycles. The van der Waals surface area contributed by atoms with Gasteiger partial charge in [0.15, 0.2) is 0 Å². The molecule has 0 amide bonds. The Morgan fingerprint density at radius 1 is 1.46 bits per heavy atom. The van der Waals surface area contributed by atoms with Crippen LogP contribution in [-0.2, 0) is 4.74 Å². The van der Waals surface area contributed by atoms with Crippen LogP contribution < -0.4 is 0 Å². The summed E-state index contributed by atoms with van der Waals surface area (Å²) in [6, 6.07) is 0. The number of unbranched alkanes of at least 4 members (excludes halogenated alkanes) is 2. The van der Waals surface area contributed by atoms with E-state index in [-0.39, 0.29) is 5.60 Å². The van der Waals surface area contributed by atoms with Crippen LogP contribution >= 0.6 is 0 Å². The van der Waals surface area contributed by atoms with Gasteiger partial charge in [-0.15, -0.1) is 0 Å². The second kappa shape index (κ2) is 4.80. The zero-order chi connectivity index (χ0) is 9.73. The van der Waals surface area contributed by atoms with E-state index < -0.39 is 0 Å². The summed E-state index contributed by atoms with van der Waals surface area (Å²) in [5.41, 5.74) is 1.47. The molecule has 1 heteroatoms. The van der Waals surface area contributed by atoms with Gasteiger partial charge >= 0.3 is 0 Å². The van der Waals surface area contributed by atoms with E-state index in [1.165, 1.54) is 31.3 Å². The molecule has 1 aliphatic heterocycles. The summed E-state index contributed by atoms with van der Waals surface area (Å²) in [7, 11) is 0. The fraction of sp³-hybridized carbons (Fsp3) is 0.833. The Labute approximate surface area is 82.2 Å². The molecule has 0 aromatic rings. The first-order chi connectivity index (χ1) is 6.16. The van der Waals surface area contributed by atoms with E-state index in [4.69, 9.17) is 4.74 Å². The smallest absolute Gasteiger partial charge is 0.0691 e. The van der Waals surface area contributed by atoms with Gasteiger partial charge in [-0.1, -0.05) is 38.3 Å². The minimum Gasteiger partial charge on any atom is -0.375 e. The number of hydrogen-bond acceptors (Lipinski definition) is 1. The normalized spacial score (nSPS) is 29.2. The van der Waals surface area contributed by atoms with Crippen molar-refractivity contribution < 1.29 is 4.74 Å². The van der Waals surface area contributed by atoms with Crippen molar-refractivity contribution in [1.29, 1.82) is 0 Å². The molecule has 1 aliphatic rings. The van der Waals surface area contributed by atoms with E-state index >= 15 is 0 Å². The molecule has 0 radical (unpaired) electrons. The lowest BCUT2D eigenvalue weighted by molar-refractivity contribution is -0.0542. The standard InChI is InChI=1S/C12H22O/c1-4-5-6-8-12(3)10-11(2)7-9-13-12/h2,4-10H2,1,3H3. The highest BCUT2D eigenvalue weighted by molar-refractivity contribution is 5.03. The van der Waals surface area contributed by atoms with Crippen LogP contribution in [0, 0.1) is 0 Å². The fourth-order valence-electron chi connectivity index (χ4n) is 2.02. The highest BCUT2D eigenvalue weighted by Crippen LogP contribution is 2.31. The molecule has 1 heterocycles. The quantitative estimate of drug-likeness (QED) is 0.476. The average Bonchev–Trinajstić information content (AvgIpc) is 2.04. The van der Waals surface area contributed by atoms with Gasteiger partial charge in [-0.2, -0.15) is 0 Å². The zero-order valence-electron chi connectivity index (χ0n) is 9.07. The van der Waals surface area contributed by atoms with Gasteiger partial charge in [-0.05, 0) is 26.2 Å². The zero-order valence-corrected chi connectivity index (χ0v) is 9.07. The molecule has 0 aromatic heterocycles. The summed E-state index contributed by atoms with van der Waals surface area (Å²) >= 11 is 0. The molecule has 1 fully saturated rings. The minimum atomic E-state index is 0.102. The third-order valence-electron chi connectivity index (χ3n) is 2.84. The Balaban J connectivity index is 2.31. The lowest BCUT2D eigenvalue weighted by atomic mass is 9.88. The van der Waals surface area contributed by atoms with Gasteiger partial charge in [0.25, 0.3) is 0 Å². The van der Waals surface area contributed by atoms with Crippen LogP contribution in [0.1, 0.15) is 52.4 Å². The highest BCUT2D eigenvalue weighted by atomic mass is 16.5. The van der Waals surface area contributed by atoms with Crippen LogP contribution in [0.4, 0.5) is 0 Å². The van der Waals surface area contributed by atoms with Crippen molar-refractivity contribution in [2.24, 2.45) is 0 Å². The fourth-order valence-corrected chi connectivity index (χ4v) is 2.02. The molecule has 1 unspecified atom stereocenters. The van der Waals surface area contributed by atoms with Gasteiger partial charge in [0.1, 0.15) is 0 Å². The Hall–Kier alpha value is -0.300. The van der Waals surface area contributed by atoms with Crippen LogP contribution in [0.15, 0.2) is 12.2 Å². The van der Waals surface area contributed by atoms with Crippen molar-refractivity contribution in [3.05, 3.63) is 12.2 Å². The summed E-state index contributed by atoms with van der Waals surface area (Å²) in [5.74, 6) is 0. The molecule has 1 saturated heterocycles. The molecule has 1 rings (SSSR count). The third kappa shape index (κ3) is 3.51. The third-order valence-corrected chi connectivity index (χ3v) is 2.84. The Kier molecular flexibility index (Phi) is 3.98. The second-order valence-corrected chi connectivity index (χ2v) is 4.43. The Bertz CT molecular complexity index is 174. The lowest BCUT2D eigenvalue weighted by Crippen LogP contribution is -2.33. The SMILES string of the molecule is C=C1CCOC(C)(CCCCC)C1. The van der Waals surface area contributed by atoms with Crippen LogP contribution in [0.5, 0.6) is 0 Å². The molecule has 0 bridgehead atoms. The first-order valence-corrected chi connectivity index (χ1v) is 5.47. The van der Waals surface area contributed by atoms with E-state index in [1.807, 2.05) is 0 Å². The molecular formula is C12H22O. The van der Waals surface area contributed by atoms with E-state index in [1.54, 1.807) is 0 Å². The molecule has 1 nitrogen and oxygen atoms in total. The van der Waals surface area contributed by atoms with E-state index in [9.17, 15) is 0 Å². The minimum absolute atomic E-state index is 0.102. The topological polar surface area (TPSA) is 9.23 Å². The molecule has 0 N–H and O–H groups in total. The number of hydrogen-bond donors (Lipinski definition) is 0. The molecule has 13 heavy (non-hydrogen) atoms. The molecule has 0 aromatic carbocycles. The summed E-state index contributed by atoms with van der Waals surface area (Å²) in [5, 5.41) is 0. The largest absolute Gasteiger partial charge is 0.375 e. The van der Waals surface area contributed by atoms with Gasteiger partial charge in [-0.3, -0.25) is 0 Å². The summed E-state index contributed by atoms with van der Waals surface area (Å²) < 4.78 is 5.82. The van der Waals surface area contributed by atoms with Gasteiger partial charge in [0, 0.05) is 0 Å². The van der Waals surface area contributed by atoms with Gasteiger partial charge in [-0.25, -0.2) is 0 Å². The van der Waals surface area contributed by atoms with Crippen LogP contribution in [0.2, 0.25) is 0 Å². The van der Waals surface area contributed by atoms with E-state index in [2.05, 4.69) is 20.4 Å². The first kappa shape index (κ1) is 10.8. The van der Waals surface area contributed by atoms with Gasteiger partial charge in [0.05, 0.1) is 12.2 Å². The predicted molar refractivity (Wildman–Crippen MR) is 56.9 cm³/mol. The maximum absolute atomic E-state index is 5.82. The Morgan fingerprint density at radius 3 is 2.85 bits per heavy atom. The molecule has 0 aliphatic carbocycles. The van der Waals surface area contributed by atoms with E-state index in [0.29, 0.717) is 0 Å². The number of ether oxygens (including phenoxy) is 1. The lowest BCUT2D eigenvalue weighted by Gasteiger charge is -2.35. The van der Waals surface area contributed by atoms with Crippen LogP contribution in [0.25, 0.3) is 0 Å². The monoisotopic (exact) mass is 182 g/mol. The summed E-state index contributed by atoms with van der Waals surface area (Å²) in [6.45, 7) is 9.40. The highest BCUT2D eigenvalue weighted by Gasteiger charge is 2.28. The molecule has 0 spiro atoms. The van der Waals surface area contributed by atoms with Gasteiger partial charge in [0.2, 0.25) is 0 Å². The van der Waals surface area contributed by atoms with Crippen molar-refractivity contribution in [3.63, 3.8) is 0 Å². The Morgan fingerprint density at radius 2 is 2.23 bits per heavy atom. The number of rotatable bonds is 4. The van der Waals surface area contributed by atoms with Crippen molar-refractivity contribution in [2.75, 3.05) is 6.61 Å². The van der Waals surface area contributed by atoms with Gasteiger partial charge < -0.3 is 4.74 Å². The first-order valence-electron chi connectivity index (χ1n) is 5.47. The predicted octanol–water partition coefficient (Wildman–Crippen LogP) is 3.69. The molecule has 76 valence electrons. The van der Waals surface area contributed by atoms with Crippen molar-refractivity contribution in [1.82, 2.24) is 0 Å². The maximum Gasteiger partial charge on any atom is 0.0691 e. The van der Waals surface area contributed by atoms with Crippen molar-refractivity contribution in [3.8, 4) is 0 Å². The molecular weight excluding hydrogens is 160 g/mol. The van der Waals surface area contributed by atoms with Crippen molar-refractivity contribution >= 4 is 0 Å². The van der Waals surface area contributed by atoms with Crippen LogP contribution in [-0.4, -0.2) is 12.2 Å². The van der Waals surface area contributed by atoms with Crippen LogP contribution in [0.3, 0.4) is 0 Å². The maximum atomic E-state index is 5.82. The molecule has 1 atom stereocenters. The summed E-state index contributed by atoms with van der Waals surface area (Å²) in [4.78, 5) is 0. The summed E-state index contributed by atoms with van der Waals surface area (Å²) in [6.07, 6.45) is 7.22. The average molecular weight is 182 g/mol. The van der Waals surface area contributed by atoms with E-state index in [0.717, 1.165) is 19.4 Å². The van der Waals surface area contributed by atoms with Crippen molar-refractivity contribution in [2.45, 2.75) is 58.0 Å².